The van der Waals surface area contributed by atoms with Crippen molar-refractivity contribution in [3.63, 3.8) is 0 Å². The van der Waals surface area contributed by atoms with Crippen molar-refractivity contribution < 1.29 is 9.90 Å². The Balaban J connectivity index is 2.18. The lowest BCUT2D eigenvalue weighted by Gasteiger charge is -2.01. The largest absolute Gasteiger partial charge is 0.476 e. The van der Waals surface area contributed by atoms with Crippen LogP contribution in [0.25, 0.3) is 22.3 Å². The Labute approximate surface area is 112 Å². The molecular formula is C12H7ClN4O2. The van der Waals surface area contributed by atoms with Crippen LogP contribution in [-0.2, 0) is 0 Å². The van der Waals surface area contributed by atoms with Crippen LogP contribution in [0.1, 0.15) is 10.5 Å². The van der Waals surface area contributed by atoms with E-state index in [1.165, 1.54) is 0 Å². The average molecular weight is 275 g/mol. The normalized spacial score (nSPS) is 10.8. The fourth-order valence-electron chi connectivity index (χ4n) is 1.79. The van der Waals surface area contributed by atoms with Gasteiger partial charge < -0.3 is 5.11 Å². The molecule has 7 heteroatoms. The number of aromatic carboxylic acids is 1. The molecule has 0 aliphatic rings. The van der Waals surface area contributed by atoms with E-state index in [0.717, 1.165) is 5.39 Å². The van der Waals surface area contributed by atoms with Crippen LogP contribution in [0.5, 0.6) is 0 Å². The first-order valence-electron chi connectivity index (χ1n) is 5.36. The van der Waals surface area contributed by atoms with Gasteiger partial charge in [0.15, 0.2) is 5.69 Å². The molecule has 0 bridgehead atoms. The van der Waals surface area contributed by atoms with Crippen LogP contribution in [0.15, 0.2) is 30.3 Å². The number of pyridine rings is 1. The highest BCUT2D eigenvalue weighted by molar-refractivity contribution is 6.31. The van der Waals surface area contributed by atoms with Crippen LogP contribution < -0.4 is 0 Å². The van der Waals surface area contributed by atoms with E-state index in [0.29, 0.717) is 16.2 Å². The Bertz CT molecular complexity index is 784. The molecule has 0 fully saturated rings. The molecule has 1 aromatic carbocycles. The first-order valence-corrected chi connectivity index (χ1v) is 5.74. The van der Waals surface area contributed by atoms with E-state index < -0.39 is 5.97 Å². The number of aromatic nitrogens is 4. The number of carboxylic acid groups (broad SMARTS) is 1. The summed E-state index contributed by atoms with van der Waals surface area (Å²) in [4.78, 5) is 15.4. The van der Waals surface area contributed by atoms with Gasteiger partial charge in [0.25, 0.3) is 0 Å². The summed E-state index contributed by atoms with van der Waals surface area (Å²) in [5, 5.41) is 20.2. The number of benzene rings is 1. The molecular weight excluding hydrogens is 268 g/mol. The number of H-pyrrole nitrogens is 1. The molecule has 0 aliphatic heterocycles. The van der Waals surface area contributed by atoms with Crippen molar-refractivity contribution in [1.82, 2.24) is 20.4 Å². The molecule has 0 saturated heterocycles. The second kappa shape index (κ2) is 4.33. The molecule has 6 nitrogen and oxygen atoms in total. The van der Waals surface area contributed by atoms with Gasteiger partial charge in [-0.05, 0) is 24.3 Å². The second-order valence-electron chi connectivity index (χ2n) is 3.86. The number of nitrogens with zero attached hydrogens (tertiary/aromatic N) is 3. The summed E-state index contributed by atoms with van der Waals surface area (Å²) in [6.45, 7) is 0. The predicted octanol–water partition coefficient (Wildman–Crippen LogP) is 2.37. The monoisotopic (exact) mass is 274 g/mol. The first-order chi connectivity index (χ1) is 9.15. The van der Waals surface area contributed by atoms with Crippen molar-refractivity contribution in [2.24, 2.45) is 0 Å². The third-order valence-electron chi connectivity index (χ3n) is 2.64. The summed E-state index contributed by atoms with van der Waals surface area (Å²) in [6.07, 6.45) is 0. The standard InChI is InChI=1S/C12H7ClN4O2/c13-7-2-4-8-6(5-7)1-3-9(14-8)10-11(12(18)19)16-17-15-10/h1-5H,(H,18,19)(H,15,16,17). The van der Waals surface area contributed by atoms with Gasteiger partial charge in [-0.2, -0.15) is 10.3 Å². The first kappa shape index (κ1) is 11.6. The third-order valence-corrected chi connectivity index (χ3v) is 2.88. The number of carbonyl (C=O) groups is 1. The van der Waals surface area contributed by atoms with Gasteiger partial charge in [0.2, 0.25) is 0 Å². The maximum absolute atomic E-state index is 11.0. The van der Waals surface area contributed by atoms with Gasteiger partial charge in [-0.3, -0.25) is 0 Å². The second-order valence-corrected chi connectivity index (χ2v) is 4.30. The van der Waals surface area contributed by atoms with Crippen LogP contribution in [-0.4, -0.2) is 31.5 Å². The quantitative estimate of drug-likeness (QED) is 0.748. The number of hydrogen-bond donors (Lipinski definition) is 2. The summed E-state index contributed by atoms with van der Waals surface area (Å²) in [6, 6.07) is 8.77. The molecule has 2 N–H and O–H groups in total. The zero-order valence-electron chi connectivity index (χ0n) is 9.46. The summed E-state index contributed by atoms with van der Waals surface area (Å²) < 4.78 is 0. The molecule has 0 atom stereocenters. The van der Waals surface area contributed by atoms with Crippen molar-refractivity contribution in [3.8, 4) is 11.4 Å². The zero-order valence-corrected chi connectivity index (χ0v) is 10.2. The van der Waals surface area contributed by atoms with Crippen molar-refractivity contribution >= 4 is 28.5 Å². The van der Waals surface area contributed by atoms with Crippen molar-refractivity contribution in [3.05, 3.63) is 41.0 Å². The number of rotatable bonds is 2. The van der Waals surface area contributed by atoms with Gasteiger partial charge in [-0.15, -0.1) is 5.10 Å². The lowest BCUT2D eigenvalue weighted by Crippen LogP contribution is -2.00. The Hall–Kier alpha value is -2.47. The molecule has 2 heterocycles. The summed E-state index contributed by atoms with van der Waals surface area (Å²) in [7, 11) is 0. The molecule has 0 unspecified atom stereocenters. The number of nitrogens with one attached hydrogen (secondary N) is 1. The predicted molar refractivity (Wildman–Crippen MR) is 69.1 cm³/mol. The van der Waals surface area contributed by atoms with E-state index in [1.54, 1.807) is 24.3 Å². The highest BCUT2D eigenvalue weighted by Gasteiger charge is 2.17. The Kier molecular flexibility index (Phi) is 2.64. The van der Waals surface area contributed by atoms with Gasteiger partial charge in [0.1, 0.15) is 5.69 Å². The van der Waals surface area contributed by atoms with E-state index in [2.05, 4.69) is 20.4 Å². The van der Waals surface area contributed by atoms with Crippen LogP contribution in [0.2, 0.25) is 5.02 Å². The minimum Gasteiger partial charge on any atom is -0.476 e. The van der Waals surface area contributed by atoms with E-state index in [4.69, 9.17) is 16.7 Å². The maximum Gasteiger partial charge on any atom is 0.358 e. The third kappa shape index (κ3) is 2.02. The van der Waals surface area contributed by atoms with Crippen molar-refractivity contribution in [2.75, 3.05) is 0 Å². The highest BCUT2D eigenvalue weighted by atomic mass is 35.5. The van der Waals surface area contributed by atoms with E-state index in [1.807, 2.05) is 6.07 Å². The topological polar surface area (TPSA) is 91.8 Å². The summed E-state index contributed by atoms with van der Waals surface area (Å²) in [5.74, 6) is -1.15. The van der Waals surface area contributed by atoms with Crippen molar-refractivity contribution in [2.45, 2.75) is 0 Å². The van der Waals surface area contributed by atoms with E-state index in [9.17, 15) is 4.79 Å². The minimum atomic E-state index is -1.15. The van der Waals surface area contributed by atoms with Crippen LogP contribution in [0.3, 0.4) is 0 Å². The Morgan fingerprint density at radius 2 is 2.05 bits per heavy atom. The van der Waals surface area contributed by atoms with Gasteiger partial charge in [0.05, 0.1) is 11.2 Å². The number of fused-ring (bicyclic) bond motifs is 1. The van der Waals surface area contributed by atoms with Crippen LogP contribution >= 0.6 is 11.6 Å². The van der Waals surface area contributed by atoms with E-state index >= 15 is 0 Å². The number of carboxylic acids is 1. The molecule has 0 saturated carbocycles. The molecule has 3 aromatic rings. The molecule has 0 radical (unpaired) electrons. The number of hydrogen-bond acceptors (Lipinski definition) is 4. The number of aromatic amines is 1. The molecule has 19 heavy (non-hydrogen) atoms. The maximum atomic E-state index is 11.0. The minimum absolute atomic E-state index is 0.152. The smallest absolute Gasteiger partial charge is 0.358 e. The molecule has 3 rings (SSSR count). The molecule has 0 amide bonds. The fourth-order valence-corrected chi connectivity index (χ4v) is 1.97. The molecule has 94 valence electrons. The molecule has 0 aliphatic carbocycles. The SMILES string of the molecule is O=C(O)c1n[nH]nc1-c1ccc2cc(Cl)ccc2n1. The van der Waals surface area contributed by atoms with Crippen LogP contribution in [0.4, 0.5) is 0 Å². The Morgan fingerprint density at radius 1 is 1.21 bits per heavy atom. The molecule has 0 spiro atoms. The zero-order chi connectivity index (χ0) is 13.4. The van der Waals surface area contributed by atoms with Gasteiger partial charge in [-0.1, -0.05) is 17.7 Å². The lowest BCUT2D eigenvalue weighted by atomic mass is 10.1. The highest BCUT2D eigenvalue weighted by Crippen LogP contribution is 2.23. The van der Waals surface area contributed by atoms with E-state index in [-0.39, 0.29) is 11.4 Å². The van der Waals surface area contributed by atoms with Crippen molar-refractivity contribution in [1.29, 1.82) is 0 Å². The van der Waals surface area contributed by atoms with Gasteiger partial charge >= 0.3 is 5.97 Å². The van der Waals surface area contributed by atoms with Gasteiger partial charge in [-0.25, -0.2) is 9.78 Å². The lowest BCUT2D eigenvalue weighted by molar-refractivity contribution is 0.0691. The fraction of sp³-hybridized carbons (Fsp3) is 0. The van der Waals surface area contributed by atoms with Gasteiger partial charge in [0, 0.05) is 10.4 Å². The Morgan fingerprint density at radius 3 is 2.84 bits per heavy atom. The average Bonchev–Trinajstić information content (AvgIpc) is 2.87. The summed E-state index contributed by atoms with van der Waals surface area (Å²) >= 11 is 5.89. The number of halogens is 1. The summed E-state index contributed by atoms with van der Waals surface area (Å²) in [5.41, 5.74) is 1.22. The molecule has 2 aromatic heterocycles. The van der Waals surface area contributed by atoms with Crippen LogP contribution in [0, 0.1) is 0 Å².